The van der Waals surface area contributed by atoms with Gasteiger partial charge in [0.15, 0.2) is 0 Å². The average Bonchev–Trinajstić information content (AvgIpc) is 3.82. The summed E-state index contributed by atoms with van der Waals surface area (Å²) >= 11 is 3.77. The van der Waals surface area contributed by atoms with Crippen LogP contribution < -0.4 is 4.90 Å². The molecule has 11 rings (SSSR count). The van der Waals surface area contributed by atoms with Crippen LogP contribution in [0.2, 0.25) is 0 Å². The summed E-state index contributed by atoms with van der Waals surface area (Å²) in [5.74, 6) is 0. The highest BCUT2D eigenvalue weighted by Crippen LogP contribution is 2.45. The molecule has 0 amide bonds. The summed E-state index contributed by atoms with van der Waals surface area (Å²) < 4.78 is 5.32. The molecule has 3 heteroatoms. The van der Waals surface area contributed by atoms with Gasteiger partial charge in [-0.25, -0.2) is 0 Å². The fourth-order valence-corrected chi connectivity index (χ4v) is 10.7. The van der Waals surface area contributed by atoms with E-state index < -0.39 is 0 Å². The Kier molecular flexibility index (Phi) is 7.61. The zero-order valence-electron chi connectivity index (χ0n) is 29.8. The van der Waals surface area contributed by atoms with E-state index in [1.54, 1.807) is 0 Å². The topological polar surface area (TPSA) is 3.24 Å². The molecule has 0 saturated heterocycles. The summed E-state index contributed by atoms with van der Waals surface area (Å²) in [7, 11) is 0. The van der Waals surface area contributed by atoms with Gasteiger partial charge in [0, 0.05) is 57.3 Å². The number of rotatable bonds is 6. The molecule has 55 heavy (non-hydrogen) atoms. The van der Waals surface area contributed by atoms with E-state index in [2.05, 4.69) is 205 Å². The highest BCUT2D eigenvalue weighted by molar-refractivity contribution is 7.26. The summed E-state index contributed by atoms with van der Waals surface area (Å²) in [6, 6.07) is 73.3. The lowest BCUT2D eigenvalue weighted by molar-refractivity contribution is 1.28. The summed E-state index contributed by atoms with van der Waals surface area (Å²) in [6.45, 7) is 0. The van der Waals surface area contributed by atoms with Crippen molar-refractivity contribution in [2.75, 3.05) is 4.90 Å². The zero-order valence-corrected chi connectivity index (χ0v) is 31.4. The Labute approximate surface area is 327 Å². The van der Waals surface area contributed by atoms with E-state index in [0.29, 0.717) is 0 Å². The largest absolute Gasteiger partial charge is 0.310 e. The minimum atomic E-state index is 1.11. The van der Waals surface area contributed by atoms with Crippen molar-refractivity contribution in [1.29, 1.82) is 0 Å². The predicted octanol–water partition coefficient (Wildman–Crippen LogP) is 16.0. The third-order valence-corrected chi connectivity index (χ3v) is 13.3. The van der Waals surface area contributed by atoms with Crippen molar-refractivity contribution in [2.24, 2.45) is 0 Å². The molecule has 0 N–H and O–H groups in total. The van der Waals surface area contributed by atoms with Crippen LogP contribution in [0.1, 0.15) is 0 Å². The summed E-state index contributed by atoms with van der Waals surface area (Å²) in [5, 5.41) is 7.86. The Balaban J connectivity index is 1.03. The number of hydrogen-bond acceptors (Lipinski definition) is 3. The Bertz CT molecular complexity index is 3190. The molecule has 0 aliphatic rings. The van der Waals surface area contributed by atoms with Crippen LogP contribution in [-0.2, 0) is 0 Å². The van der Waals surface area contributed by atoms with Crippen LogP contribution in [0.15, 0.2) is 200 Å². The molecule has 9 aromatic carbocycles. The maximum Gasteiger partial charge on any atom is 0.0540 e. The molecule has 11 aromatic rings. The van der Waals surface area contributed by atoms with E-state index in [1.165, 1.54) is 84.5 Å². The normalized spacial score (nSPS) is 11.6. The maximum atomic E-state index is 2.40. The number of anilines is 3. The lowest BCUT2D eigenvalue weighted by Crippen LogP contribution is -2.11. The SMILES string of the molecule is c1ccc(-c2ccccc2N(c2ccc(-c3cccc4c3sc3ccccc34)cc2)c2ccc(-c3cccc4c3sc3cc5ccccc5cc34)cc2)cc1. The van der Waals surface area contributed by atoms with Gasteiger partial charge in [-0.15, -0.1) is 22.7 Å². The van der Waals surface area contributed by atoms with Crippen molar-refractivity contribution in [3.63, 3.8) is 0 Å². The van der Waals surface area contributed by atoms with Crippen LogP contribution in [0.3, 0.4) is 0 Å². The highest BCUT2D eigenvalue weighted by Gasteiger charge is 2.19. The van der Waals surface area contributed by atoms with E-state index in [1.807, 2.05) is 22.7 Å². The molecule has 2 aromatic heterocycles. The maximum absolute atomic E-state index is 2.40. The molecular weight excluding hydrogens is 703 g/mol. The quantitative estimate of drug-likeness (QED) is 0.164. The van der Waals surface area contributed by atoms with E-state index in [0.717, 1.165) is 17.1 Å². The minimum Gasteiger partial charge on any atom is -0.310 e. The minimum absolute atomic E-state index is 1.11. The van der Waals surface area contributed by atoms with Gasteiger partial charge < -0.3 is 4.90 Å². The van der Waals surface area contributed by atoms with Crippen molar-refractivity contribution in [2.45, 2.75) is 0 Å². The first-order chi connectivity index (χ1) is 27.3. The van der Waals surface area contributed by atoms with Crippen LogP contribution in [0, 0.1) is 0 Å². The molecule has 0 radical (unpaired) electrons. The lowest BCUT2D eigenvalue weighted by Gasteiger charge is -2.28. The van der Waals surface area contributed by atoms with Gasteiger partial charge in [0.1, 0.15) is 0 Å². The summed E-state index contributed by atoms with van der Waals surface area (Å²) in [4.78, 5) is 2.40. The number of benzene rings is 9. The van der Waals surface area contributed by atoms with Crippen LogP contribution >= 0.6 is 22.7 Å². The Morgan fingerprint density at radius 1 is 0.309 bits per heavy atom. The first-order valence-electron chi connectivity index (χ1n) is 18.7. The van der Waals surface area contributed by atoms with Crippen LogP contribution in [-0.4, -0.2) is 0 Å². The standard InChI is InChI=1S/C52H33NS2/c1-2-12-34(13-3-1)41-16-6-8-22-48(41)53(39-28-24-35(25-29-39)42-18-10-20-45-44-17-7-9-23-49(44)54-51(42)45)40-30-26-36(27-31-40)43-19-11-21-46-47-32-37-14-4-5-15-38(37)33-50(47)55-52(43)46/h1-33H. The zero-order chi connectivity index (χ0) is 36.3. The van der Waals surface area contributed by atoms with Crippen molar-refractivity contribution >= 4 is 90.9 Å². The molecule has 0 aliphatic carbocycles. The second kappa shape index (κ2) is 13.1. The van der Waals surface area contributed by atoms with Gasteiger partial charge in [-0.05, 0) is 87.1 Å². The molecule has 2 heterocycles. The molecule has 1 nitrogen and oxygen atoms in total. The Hall–Kier alpha value is -6.52. The smallest absolute Gasteiger partial charge is 0.0540 e. The molecule has 0 saturated carbocycles. The van der Waals surface area contributed by atoms with Crippen LogP contribution in [0.5, 0.6) is 0 Å². The number of para-hydroxylation sites is 1. The van der Waals surface area contributed by atoms with Crippen molar-refractivity contribution in [3.8, 4) is 33.4 Å². The number of fused-ring (bicyclic) bond motifs is 7. The molecule has 258 valence electrons. The van der Waals surface area contributed by atoms with Crippen LogP contribution in [0.4, 0.5) is 17.1 Å². The summed E-state index contributed by atoms with van der Waals surface area (Å²) in [6.07, 6.45) is 0. The monoisotopic (exact) mass is 735 g/mol. The fourth-order valence-electron chi connectivity index (χ4n) is 8.22. The summed E-state index contributed by atoms with van der Waals surface area (Å²) in [5.41, 5.74) is 10.7. The van der Waals surface area contributed by atoms with Gasteiger partial charge in [-0.1, -0.05) is 152 Å². The van der Waals surface area contributed by atoms with Gasteiger partial charge in [-0.3, -0.25) is 0 Å². The third-order valence-electron chi connectivity index (χ3n) is 10.9. The lowest BCUT2D eigenvalue weighted by atomic mass is 9.99. The van der Waals surface area contributed by atoms with Crippen molar-refractivity contribution < 1.29 is 0 Å². The van der Waals surface area contributed by atoms with E-state index in [-0.39, 0.29) is 0 Å². The van der Waals surface area contributed by atoms with E-state index in [4.69, 9.17) is 0 Å². The average molecular weight is 736 g/mol. The van der Waals surface area contributed by atoms with Crippen molar-refractivity contribution in [1.82, 2.24) is 0 Å². The third kappa shape index (κ3) is 5.43. The van der Waals surface area contributed by atoms with E-state index in [9.17, 15) is 0 Å². The molecule has 0 atom stereocenters. The number of hydrogen-bond donors (Lipinski definition) is 0. The molecule has 0 spiro atoms. The number of nitrogens with zero attached hydrogens (tertiary/aromatic N) is 1. The Morgan fingerprint density at radius 2 is 0.800 bits per heavy atom. The van der Waals surface area contributed by atoms with Gasteiger partial charge >= 0.3 is 0 Å². The second-order valence-corrected chi connectivity index (χ2v) is 16.2. The van der Waals surface area contributed by atoms with Gasteiger partial charge in [0.25, 0.3) is 0 Å². The molecule has 0 fully saturated rings. The fraction of sp³-hybridized carbons (Fsp3) is 0. The van der Waals surface area contributed by atoms with Gasteiger partial charge in [0.2, 0.25) is 0 Å². The first-order valence-corrected chi connectivity index (χ1v) is 20.3. The van der Waals surface area contributed by atoms with Gasteiger partial charge in [-0.2, -0.15) is 0 Å². The van der Waals surface area contributed by atoms with Crippen LogP contribution in [0.25, 0.3) is 84.5 Å². The first kappa shape index (κ1) is 32.0. The van der Waals surface area contributed by atoms with Gasteiger partial charge in [0.05, 0.1) is 5.69 Å². The van der Waals surface area contributed by atoms with E-state index >= 15 is 0 Å². The molecule has 0 bridgehead atoms. The highest BCUT2D eigenvalue weighted by atomic mass is 32.1. The second-order valence-electron chi connectivity index (χ2n) is 14.1. The predicted molar refractivity (Wildman–Crippen MR) is 241 cm³/mol. The molecule has 0 aliphatic heterocycles. The Morgan fingerprint density at radius 3 is 1.49 bits per heavy atom. The number of thiophene rings is 2. The van der Waals surface area contributed by atoms with Crippen molar-refractivity contribution in [3.05, 3.63) is 200 Å². The molecular formula is C52H33NS2. The molecule has 0 unspecified atom stereocenters.